The number of anilines is 4. The Morgan fingerprint density at radius 1 is 0.482 bits per heavy atom. The van der Waals surface area contributed by atoms with E-state index in [2.05, 4.69) is 31.2 Å². The van der Waals surface area contributed by atoms with Gasteiger partial charge in [0.05, 0.1) is 38.5 Å². The summed E-state index contributed by atoms with van der Waals surface area (Å²) in [6.45, 7) is -0.246. The second-order valence-corrected chi connectivity index (χ2v) is 20.0. The van der Waals surface area contributed by atoms with E-state index in [0.29, 0.717) is 80.4 Å². The third kappa shape index (κ3) is 15.0. The second-order valence-electron chi connectivity index (χ2n) is 19.1. The Bertz CT molecular complexity index is 3640. The van der Waals surface area contributed by atoms with Gasteiger partial charge in [-0.25, -0.2) is 8.78 Å². The topological polar surface area (TPSA) is 278 Å². The molecule has 0 aliphatic heterocycles. The number of pyridine rings is 2. The first kappa shape index (κ1) is 62.0. The van der Waals surface area contributed by atoms with Crippen molar-refractivity contribution in [2.24, 2.45) is 10.8 Å². The molecule has 0 spiro atoms. The van der Waals surface area contributed by atoms with Crippen molar-refractivity contribution in [3.05, 3.63) is 155 Å². The van der Waals surface area contributed by atoms with E-state index in [1.807, 2.05) is 0 Å². The maximum atomic E-state index is 15.1. The molecule has 2 aromatic heterocycles. The number of carbonyl (C=O) groups excluding carboxylic acids is 6. The third-order valence-electron chi connectivity index (χ3n) is 13.3. The molecule has 6 aromatic carbocycles. The summed E-state index contributed by atoms with van der Waals surface area (Å²) < 4.78 is 63.6. The van der Waals surface area contributed by atoms with Gasteiger partial charge in [-0.15, -0.1) is 0 Å². The smallest absolute Gasteiger partial charge is 0.550 e. The van der Waals surface area contributed by atoms with E-state index in [0.717, 1.165) is 12.1 Å². The van der Waals surface area contributed by atoms with Gasteiger partial charge in [0, 0.05) is 105 Å². The number of rotatable bonds is 22. The van der Waals surface area contributed by atoms with E-state index in [-0.39, 0.29) is 95.0 Å². The SMILES string of the molecule is COc1cc2c(Oc3ccc(NC(=O)C4(C(=O)Nc5cccc(Cl)c5)CC4)cc3F)ccnc2cc1OCCC(=O)[O-].COc1cc2c(Oc3ccc(NC(=O)C4(C(=O)Nc5cccc(Cl)c5)CC4)cc3F)ccnc2cc1OCCC(=O)[O-].[Mg+2]. The third-order valence-corrected chi connectivity index (χ3v) is 13.8. The molecule has 2 saturated carbocycles. The van der Waals surface area contributed by atoms with Crippen LogP contribution >= 0.6 is 23.2 Å². The van der Waals surface area contributed by atoms with E-state index in [4.69, 9.17) is 51.6 Å². The molecule has 85 heavy (non-hydrogen) atoms. The molecular weight excluding hydrogens is 1160 g/mol. The molecule has 20 nitrogen and oxygen atoms in total. The molecule has 2 aliphatic carbocycles. The Balaban J connectivity index is 0.000000219. The number of ether oxygens (including phenoxy) is 6. The van der Waals surface area contributed by atoms with Gasteiger partial charge in [0.15, 0.2) is 46.1 Å². The van der Waals surface area contributed by atoms with Crippen molar-refractivity contribution in [2.75, 3.05) is 48.7 Å². The van der Waals surface area contributed by atoms with Crippen LogP contribution in [0.4, 0.5) is 31.5 Å². The van der Waals surface area contributed by atoms with Crippen molar-refractivity contribution < 1.29 is 76.2 Å². The number of carbonyl (C=O) groups is 6. The van der Waals surface area contributed by atoms with Gasteiger partial charge in [-0.3, -0.25) is 29.1 Å². The van der Waals surface area contributed by atoms with Crippen molar-refractivity contribution in [1.29, 1.82) is 0 Å². The molecule has 10 rings (SSSR count). The molecule has 2 aliphatic rings. The number of methoxy groups -OCH3 is 2. The molecule has 0 bridgehead atoms. The predicted octanol–water partition coefficient (Wildman–Crippen LogP) is 9.03. The molecule has 8 aromatic rings. The number of hydrogen-bond acceptors (Lipinski definition) is 16. The van der Waals surface area contributed by atoms with Crippen LogP contribution in [-0.2, 0) is 28.8 Å². The number of halogens is 4. The minimum atomic E-state index is -1.25. The van der Waals surface area contributed by atoms with Crippen LogP contribution in [0, 0.1) is 22.5 Å². The van der Waals surface area contributed by atoms with Crippen LogP contribution in [0.1, 0.15) is 38.5 Å². The van der Waals surface area contributed by atoms with Crippen LogP contribution in [0.3, 0.4) is 0 Å². The van der Waals surface area contributed by atoms with Crippen molar-refractivity contribution in [2.45, 2.75) is 38.5 Å². The Labute approximate surface area is 509 Å². The minimum Gasteiger partial charge on any atom is -0.550 e. The summed E-state index contributed by atoms with van der Waals surface area (Å²) in [7, 11) is 2.84. The van der Waals surface area contributed by atoms with E-state index < -0.39 is 58.0 Å². The predicted molar refractivity (Wildman–Crippen MR) is 306 cm³/mol. The number of benzene rings is 6. The van der Waals surface area contributed by atoms with Gasteiger partial charge in [-0.05, 0) is 111 Å². The molecule has 2 fully saturated rings. The van der Waals surface area contributed by atoms with E-state index in [1.54, 1.807) is 84.9 Å². The fraction of sp³-hybridized carbons (Fsp3) is 0.200. The van der Waals surface area contributed by atoms with Crippen LogP contribution in [0.15, 0.2) is 134 Å². The molecule has 432 valence electrons. The quantitative estimate of drug-likeness (QED) is 0.0364. The number of carboxylic acid groups (broad SMARTS) is 2. The number of carboxylic acids is 2. The molecule has 0 radical (unpaired) electrons. The first-order chi connectivity index (χ1) is 40.4. The Hall–Kier alpha value is -9.03. The van der Waals surface area contributed by atoms with Gasteiger partial charge in [0.2, 0.25) is 23.6 Å². The van der Waals surface area contributed by atoms with Crippen molar-refractivity contribution in [3.63, 3.8) is 0 Å². The summed E-state index contributed by atoms with van der Waals surface area (Å²) in [5.74, 6) is -4.56. The maximum Gasteiger partial charge on any atom is 2.00 e. The van der Waals surface area contributed by atoms with Gasteiger partial charge in [0.25, 0.3) is 0 Å². The Morgan fingerprint density at radius 2 is 0.847 bits per heavy atom. The zero-order chi connectivity index (χ0) is 59.7. The molecule has 0 atom stereocenters. The van der Waals surface area contributed by atoms with Gasteiger partial charge < -0.3 is 69.5 Å². The summed E-state index contributed by atoms with van der Waals surface area (Å²) in [6, 6.07) is 30.4. The largest absolute Gasteiger partial charge is 2.00 e. The fourth-order valence-corrected chi connectivity index (χ4v) is 8.91. The van der Waals surface area contributed by atoms with E-state index in [9.17, 15) is 39.0 Å². The van der Waals surface area contributed by atoms with Gasteiger partial charge in [-0.1, -0.05) is 35.3 Å². The summed E-state index contributed by atoms with van der Waals surface area (Å²) in [4.78, 5) is 81.7. The normalized spacial score (nSPS) is 13.1. The molecule has 4 N–H and O–H groups in total. The summed E-state index contributed by atoms with van der Waals surface area (Å²) >= 11 is 11.9. The molecule has 25 heteroatoms. The number of amides is 4. The summed E-state index contributed by atoms with van der Waals surface area (Å²) in [5.41, 5.74) is -0.373. The first-order valence-electron chi connectivity index (χ1n) is 25.7. The number of aromatic nitrogens is 2. The Morgan fingerprint density at radius 3 is 1.16 bits per heavy atom. The molecular formula is C60H48Cl2F2MgN6O14. The number of fused-ring (bicyclic) bond motifs is 2. The van der Waals surface area contributed by atoms with Crippen LogP contribution in [0.25, 0.3) is 21.8 Å². The monoisotopic (exact) mass is 1210 g/mol. The zero-order valence-electron chi connectivity index (χ0n) is 45.2. The van der Waals surface area contributed by atoms with Crippen LogP contribution < -0.4 is 59.9 Å². The Kier molecular flexibility index (Phi) is 19.8. The molecule has 4 amide bonds. The average molecular weight is 1210 g/mol. The first-order valence-corrected chi connectivity index (χ1v) is 26.4. The van der Waals surface area contributed by atoms with Crippen LogP contribution in [0.5, 0.6) is 46.0 Å². The number of hydrogen-bond donors (Lipinski definition) is 4. The minimum absolute atomic E-state index is 0. The van der Waals surface area contributed by atoms with Gasteiger partial charge in [0.1, 0.15) is 22.3 Å². The van der Waals surface area contributed by atoms with Crippen molar-refractivity contribution >= 4 is 126 Å². The molecule has 0 unspecified atom stereocenters. The second kappa shape index (κ2) is 27.1. The van der Waals surface area contributed by atoms with Crippen LogP contribution in [-0.4, -0.2) is 96.0 Å². The molecule has 2 heterocycles. The van der Waals surface area contributed by atoms with E-state index in [1.165, 1.54) is 50.9 Å². The summed E-state index contributed by atoms with van der Waals surface area (Å²) in [6.07, 6.45) is 3.76. The fourth-order valence-electron chi connectivity index (χ4n) is 8.53. The number of nitrogens with zero attached hydrogens (tertiary/aromatic N) is 2. The van der Waals surface area contributed by atoms with E-state index >= 15 is 8.78 Å². The zero-order valence-corrected chi connectivity index (χ0v) is 48.1. The number of nitrogens with one attached hydrogen (secondary N) is 4. The summed E-state index contributed by atoms with van der Waals surface area (Å²) in [5, 5.41) is 33.9. The average Bonchev–Trinajstić information content (AvgIpc) is 4.23. The number of aliphatic carboxylic acids is 2. The maximum absolute atomic E-state index is 15.1. The molecule has 0 saturated heterocycles. The van der Waals surface area contributed by atoms with Gasteiger partial charge in [-0.2, -0.15) is 0 Å². The van der Waals surface area contributed by atoms with Gasteiger partial charge >= 0.3 is 23.1 Å². The van der Waals surface area contributed by atoms with Crippen LogP contribution in [0.2, 0.25) is 10.0 Å². The standard InChI is InChI=1S/2C30H25ClFN3O7.Mg/c2*1-40-25-15-20-22(16-26(25)41-12-8-27(36)37)33-11-7-23(20)42-24-6-5-19(14-21(24)32)35-29(39)30(9-10-30)28(38)34-18-4-2-3-17(31)13-18;/h2*2-7,11,13-16H,8-10,12H2,1H3,(H,34,38)(H,35,39)(H,36,37);/q;;+2/p-2. The van der Waals surface area contributed by atoms with Crippen molar-refractivity contribution in [1.82, 2.24) is 9.97 Å². The van der Waals surface area contributed by atoms with Crippen molar-refractivity contribution in [3.8, 4) is 46.0 Å².